The first-order chi connectivity index (χ1) is 11.7. The van der Waals surface area contributed by atoms with Crippen LogP contribution in [0.3, 0.4) is 0 Å². The number of anilines is 2. The number of allylic oxidation sites excluding steroid dienone is 1. The van der Waals surface area contributed by atoms with Crippen molar-refractivity contribution in [2.24, 2.45) is 0 Å². The van der Waals surface area contributed by atoms with Crippen LogP contribution in [0, 0.1) is 11.3 Å². The SMILES string of the molecule is C=C(C#N)c1cccc(NSc2ccc(OCCO)cc2)c1NC. The average Bonchev–Trinajstić information content (AvgIpc) is 2.64. The average molecular weight is 341 g/mol. The molecule has 2 rings (SSSR count). The molecule has 0 atom stereocenters. The van der Waals surface area contributed by atoms with Gasteiger partial charge in [-0.15, -0.1) is 0 Å². The van der Waals surface area contributed by atoms with Crippen molar-refractivity contribution in [3.05, 3.63) is 54.6 Å². The molecule has 0 spiro atoms. The van der Waals surface area contributed by atoms with Gasteiger partial charge in [-0.25, -0.2) is 0 Å². The first-order valence-electron chi connectivity index (χ1n) is 7.36. The highest BCUT2D eigenvalue weighted by molar-refractivity contribution is 8.00. The van der Waals surface area contributed by atoms with E-state index in [4.69, 9.17) is 15.1 Å². The fourth-order valence-corrected chi connectivity index (χ4v) is 2.77. The summed E-state index contributed by atoms with van der Waals surface area (Å²) in [6.07, 6.45) is 0. The molecular weight excluding hydrogens is 322 g/mol. The molecule has 0 aliphatic rings. The van der Waals surface area contributed by atoms with Crippen LogP contribution >= 0.6 is 11.9 Å². The quantitative estimate of drug-likeness (QED) is 0.501. The molecular formula is C18H19N3O2S. The van der Waals surface area contributed by atoms with Gasteiger partial charge in [0.2, 0.25) is 0 Å². The standard InChI is InChI=1S/C18H19N3O2S/c1-13(12-19)16-4-3-5-17(18(16)20-2)21-24-15-8-6-14(7-9-15)23-11-10-22/h3-9,20-22H,1,10-11H2,2H3. The highest BCUT2D eigenvalue weighted by Crippen LogP contribution is 2.33. The topological polar surface area (TPSA) is 77.3 Å². The van der Waals surface area contributed by atoms with Crippen molar-refractivity contribution < 1.29 is 9.84 Å². The Hall–Kier alpha value is -2.62. The molecule has 0 fully saturated rings. The van der Waals surface area contributed by atoms with E-state index in [-0.39, 0.29) is 13.2 Å². The smallest absolute Gasteiger partial charge is 0.119 e. The summed E-state index contributed by atoms with van der Waals surface area (Å²) in [5.41, 5.74) is 2.90. The molecule has 0 unspecified atom stereocenters. The second kappa shape index (κ2) is 8.87. The molecule has 0 aliphatic carbocycles. The molecule has 0 saturated carbocycles. The molecule has 0 bridgehead atoms. The maximum atomic E-state index is 9.06. The Bertz CT molecular complexity index is 739. The fourth-order valence-electron chi connectivity index (χ4n) is 2.10. The molecule has 24 heavy (non-hydrogen) atoms. The van der Waals surface area contributed by atoms with Crippen molar-refractivity contribution in [1.82, 2.24) is 0 Å². The van der Waals surface area contributed by atoms with E-state index in [9.17, 15) is 0 Å². The van der Waals surface area contributed by atoms with Crippen molar-refractivity contribution >= 4 is 28.9 Å². The summed E-state index contributed by atoms with van der Waals surface area (Å²) in [4.78, 5) is 1.01. The highest BCUT2D eigenvalue weighted by atomic mass is 32.2. The summed E-state index contributed by atoms with van der Waals surface area (Å²) in [5, 5.41) is 20.9. The van der Waals surface area contributed by atoms with E-state index >= 15 is 0 Å². The molecule has 0 aliphatic heterocycles. The van der Waals surface area contributed by atoms with Gasteiger partial charge in [0.05, 0.1) is 29.6 Å². The van der Waals surface area contributed by atoms with Crippen molar-refractivity contribution in [2.45, 2.75) is 4.90 Å². The molecule has 2 aromatic carbocycles. The minimum atomic E-state index is -0.00478. The zero-order valence-electron chi connectivity index (χ0n) is 13.4. The van der Waals surface area contributed by atoms with Gasteiger partial charge in [0.15, 0.2) is 0 Å². The van der Waals surface area contributed by atoms with Crippen LogP contribution in [0.1, 0.15) is 5.56 Å². The van der Waals surface area contributed by atoms with Crippen molar-refractivity contribution in [3.63, 3.8) is 0 Å². The molecule has 124 valence electrons. The maximum absolute atomic E-state index is 9.06. The number of nitrogens with one attached hydrogen (secondary N) is 2. The normalized spacial score (nSPS) is 9.88. The van der Waals surface area contributed by atoms with E-state index in [2.05, 4.69) is 22.7 Å². The van der Waals surface area contributed by atoms with Gasteiger partial charge < -0.3 is 19.9 Å². The molecule has 2 aromatic rings. The predicted molar refractivity (Wildman–Crippen MR) is 99.1 cm³/mol. The number of hydrogen-bond acceptors (Lipinski definition) is 6. The lowest BCUT2D eigenvalue weighted by molar-refractivity contribution is 0.201. The monoisotopic (exact) mass is 341 g/mol. The lowest BCUT2D eigenvalue weighted by Crippen LogP contribution is -2.01. The first-order valence-corrected chi connectivity index (χ1v) is 8.18. The van der Waals surface area contributed by atoms with Crippen LogP contribution in [0.2, 0.25) is 0 Å². The molecule has 0 aromatic heterocycles. The molecule has 0 heterocycles. The van der Waals surface area contributed by atoms with E-state index in [1.54, 1.807) is 0 Å². The van der Waals surface area contributed by atoms with Gasteiger partial charge >= 0.3 is 0 Å². The van der Waals surface area contributed by atoms with E-state index in [1.165, 1.54) is 11.9 Å². The number of nitriles is 1. The Morgan fingerprint density at radius 1 is 1.29 bits per heavy atom. The number of hydrogen-bond donors (Lipinski definition) is 3. The van der Waals surface area contributed by atoms with Gasteiger partial charge in [0.1, 0.15) is 12.4 Å². The summed E-state index contributed by atoms with van der Waals surface area (Å²) in [5.74, 6) is 0.719. The third kappa shape index (κ3) is 4.44. The van der Waals surface area contributed by atoms with Crippen molar-refractivity contribution in [1.29, 1.82) is 5.26 Å². The minimum absolute atomic E-state index is 0.00478. The maximum Gasteiger partial charge on any atom is 0.119 e. The lowest BCUT2D eigenvalue weighted by Gasteiger charge is -2.14. The largest absolute Gasteiger partial charge is 0.491 e. The van der Waals surface area contributed by atoms with Gasteiger partial charge in [0, 0.05) is 17.5 Å². The van der Waals surface area contributed by atoms with Crippen molar-refractivity contribution in [2.75, 3.05) is 30.3 Å². The van der Waals surface area contributed by atoms with Crippen LogP contribution in [0.25, 0.3) is 5.57 Å². The number of para-hydroxylation sites is 1. The number of aliphatic hydroxyl groups excluding tert-OH is 1. The summed E-state index contributed by atoms with van der Waals surface area (Å²) in [6, 6.07) is 15.3. The third-order valence-electron chi connectivity index (χ3n) is 3.24. The van der Waals surface area contributed by atoms with Crippen LogP contribution in [0.5, 0.6) is 5.75 Å². The van der Waals surface area contributed by atoms with Crippen LogP contribution in [0.15, 0.2) is 53.9 Å². The summed E-state index contributed by atoms with van der Waals surface area (Å²) < 4.78 is 8.62. The first kappa shape index (κ1) is 17.7. The summed E-state index contributed by atoms with van der Waals surface area (Å²) in [6.45, 7) is 4.06. The van der Waals surface area contributed by atoms with Gasteiger partial charge in [0.25, 0.3) is 0 Å². The van der Waals surface area contributed by atoms with Crippen LogP contribution in [-0.2, 0) is 0 Å². The van der Waals surface area contributed by atoms with Crippen LogP contribution in [0.4, 0.5) is 11.4 Å². The van der Waals surface area contributed by atoms with Gasteiger partial charge in [-0.1, -0.05) is 18.7 Å². The number of nitrogens with zero attached hydrogens (tertiary/aromatic N) is 1. The molecule has 3 N–H and O–H groups in total. The Morgan fingerprint density at radius 2 is 2.04 bits per heavy atom. The zero-order valence-corrected chi connectivity index (χ0v) is 14.2. The Labute approximate surface area is 146 Å². The third-order valence-corrected chi connectivity index (χ3v) is 4.07. The second-order valence-corrected chi connectivity index (χ2v) is 5.70. The van der Waals surface area contributed by atoms with Crippen LogP contribution in [-0.4, -0.2) is 25.4 Å². The Kier molecular flexibility index (Phi) is 6.55. The van der Waals surface area contributed by atoms with Gasteiger partial charge in [-0.05, 0) is 42.3 Å². The van der Waals surface area contributed by atoms with E-state index < -0.39 is 0 Å². The zero-order chi connectivity index (χ0) is 17.4. The Balaban J connectivity index is 2.09. The van der Waals surface area contributed by atoms with Crippen molar-refractivity contribution in [3.8, 4) is 11.8 Å². The molecule has 0 saturated heterocycles. The number of benzene rings is 2. The molecule has 6 heteroatoms. The number of ether oxygens (including phenoxy) is 1. The predicted octanol–water partition coefficient (Wildman–Crippen LogP) is 3.76. The lowest BCUT2D eigenvalue weighted by atomic mass is 10.1. The molecule has 0 amide bonds. The molecule has 5 nitrogen and oxygen atoms in total. The van der Waals surface area contributed by atoms with E-state index in [1.807, 2.05) is 49.5 Å². The van der Waals surface area contributed by atoms with Crippen LogP contribution < -0.4 is 14.8 Å². The number of aliphatic hydroxyl groups is 1. The number of rotatable bonds is 8. The van der Waals surface area contributed by atoms with Gasteiger partial charge in [-0.2, -0.15) is 5.26 Å². The molecule has 0 radical (unpaired) electrons. The van der Waals surface area contributed by atoms with Gasteiger partial charge in [-0.3, -0.25) is 0 Å². The fraction of sp³-hybridized carbons (Fsp3) is 0.167. The highest BCUT2D eigenvalue weighted by Gasteiger charge is 2.09. The minimum Gasteiger partial charge on any atom is -0.491 e. The van der Waals surface area contributed by atoms with E-state index in [0.29, 0.717) is 5.57 Å². The Morgan fingerprint density at radius 3 is 2.67 bits per heavy atom. The summed E-state index contributed by atoms with van der Waals surface area (Å²) >= 11 is 1.46. The second-order valence-electron chi connectivity index (χ2n) is 4.82. The van der Waals surface area contributed by atoms with E-state index in [0.717, 1.165) is 27.6 Å². The summed E-state index contributed by atoms with van der Waals surface area (Å²) in [7, 11) is 1.81.